The lowest BCUT2D eigenvalue weighted by molar-refractivity contribution is -0.0408. The van der Waals surface area contributed by atoms with Crippen LogP contribution in [0.5, 0.6) is 0 Å². The lowest BCUT2D eigenvalue weighted by Gasteiger charge is -2.36. The largest absolute Gasteiger partial charge is 0.388 e. The summed E-state index contributed by atoms with van der Waals surface area (Å²) < 4.78 is 0. The van der Waals surface area contributed by atoms with Gasteiger partial charge >= 0.3 is 6.03 Å². The van der Waals surface area contributed by atoms with Gasteiger partial charge in [0.25, 0.3) is 0 Å². The van der Waals surface area contributed by atoms with E-state index in [1.165, 1.54) is 6.33 Å². The van der Waals surface area contributed by atoms with E-state index in [1.54, 1.807) is 16.0 Å². The molecule has 232 valence electrons. The monoisotopic (exact) mass is 613 g/mol. The van der Waals surface area contributed by atoms with Gasteiger partial charge in [-0.1, -0.05) is 84.9 Å². The predicted octanol–water partition coefficient (Wildman–Crippen LogP) is 4.73. The normalized spacial score (nSPS) is 20.3. The molecule has 2 amide bonds. The van der Waals surface area contributed by atoms with Crippen LogP contribution in [0.2, 0.25) is 0 Å². The molecule has 1 saturated heterocycles. The molecule has 1 fully saturated rings. The molecule has 7 rings (SSSR count). The van der Waals surface area contributed by atoms with E-state index in [1.807, 2.05) is 103 Å². The third-order valence-corrected chi connectivity index (χ3v) is 8.83. The summed E-state index contributed by atoms with van der Waals surface area (Å²) in [6, 6.07) is 31.7. The van der Waals surface area contributed by atoms with Gasteiger partial charge in [0.15, 0.2) is 5.82 Å². The summed E-state index contributed by atoms with van der Waals surface area (Å²) in [6.45, 7) is 0.464. The lowest BCUT2D eigenvalue weighted by Crippen LogP contribution is -2.50. The van der Waals surface area contributed by atoms with E-state index in [4.69, 9.17) is 0 Å². The second-order valence-electron chi connectivity index (χ2n) is 11.9. The fraction of sp³-hybridized carbons (Fsp3) is 0.222. The molecule has 1 aliphatic heterocycles. The van der Waals surface area contributed by atoms with Gasteiger partial charge in [0, 0.05) is 24.0 Å². The minimum Gasteiger partial charge on any atom is -0.388 e. The van der Waals surface area contributed by atoms with Crippen molar-refractivity contribution in [2.24, 2.45) is 0 Å². The van der Waals surface area contributed by atoms with Crippen LogP contribution in [0.4, 0.5) is 4.79 Å². The molecule has 46 heavy (non-hydrogen) atoms. The number of amides is 2. The Morgan fingerprint density at radius 2 is 1.26 bits per heavy atom. The number of urea groups is 1. The van der Waals surface area contributed by atoms with Crippen LogP contribution in [0.25, 0.3) is 22.3 Å². The molecule has 2 aromatic heterocycles. The number of nitrogens with zero attached hydrogens (tertiary/aromatic N) is 5. The van der Waals surface area contributed by atoms with E-state index in [0.717, 1.165) is 38.7 Å². The highest BCUT2D eigenvalue weighted by Gasteiger charge is 2.46. The first-order chi connectivity index (χ1) is 22.5. The van der Waals surface area contributed by atoms with Crippen molar-refractivity contribution in [3.8, 4) is 11.4 Å². The summed E-state index contributed by atoms with van der Waals surface area (Å²) >= 11 is 0. The van der Waals surface area contributed by atoms with E-state index >= 15 is 0 Å². The standard InChI is InChI=1S/C36H35N7O3/c44-33-31(18-24-8-3-1-4-9-24)42(21-26-12-7-13-28(16-26)35-37-23-39-41-35)36(46)43(22-27-14-15-30-29(17-27)20-38-40-30)32(34(33)45)19-25-10-5-2-6-11-25/h1-17,20,23,31-34,44-45H,18-19,21-22H2,(H,38,40)(H,37,39,41)/t31-,32-,33+,34+/m1/s1. The molecule has 4 atom stereocenters. The Morgan fingerprint density at radius 3 is 1.87 bits per heavy atom. The number of carbonyl (C=O) groups is 1. The number of benzene rings is 4. The second kappa shape index (κ2) is 13.0. The first-order valence-corrected chi connectivity index (χ1v) is 15.4. The average Bonchev–Trinajstić information content (AvgIpc) is 3.80. The Morgan fingerprint density at radius 1 is 0.652 bits per heavy atom. The van der Waals surface area contributed by atoms with Crippen LogP contribution in [0, 0.1) is 0 Å². The number of hydrogen-bond donors (Lipinski definition) is 4. The van der Waals surface area contributed by atoms with Gasteiger partial charge in [-0.25, -0.2) is 9.78 Å². The van der Waals surface area contributed by atoms with Crippen molar-refractivity contribution in [2.75, 3.05) is 0 Å². The Hall–Kier alpha value is -5.32. The molecule has 0 spiro atoms. The quantitative estimate of drug-likeness (QED) is 0.186. The van der Waals surface area contributed by atoms with E-state index in [0.29, 0.717) is 18.7 Å². The minimum atomic E-state index is -1.21. The molecule has 0 unspecified atom stereocenters. The third kappa shape index (κ3) is 6.13. The van der Waals surface area contributed by atoms with Gasteiger partial charge in [0.2, 0.25) is 0 Å². The molecule has 10 heteroatoms. The number of nitrogens with one attached hydrogen (secondary N) is 2. The van der Waals surface area contributed by atoms with Crippen molar-refractivity contribution in [3.63, 3.8) is 0 Å². The van der Waals surface area contributed by atoms with Crippen LogP contribution >= 0.6 is 0 Å². The molecule has 4 N–H and O–H groups in total. The maximum atomic E-state index is 15.0. The zero-order valence-electron chi connectivity index (χ0n) is 25.1. The fourth-order valence-corrected chi connectivity index (χ4v) is 6.46. The number of carbonyl (C=O) groups excluding carboxylic acids is 1. The van der Waals surface area contributed by atoms with E-state index < -0.39 is 24.3 Å². The number of aromatic amines is 2. The molecule has 0 saturated carbocycles. The smallest absolute Gasteiger partial charge is 0.321 e. The Labute approximate surface area is 266 Å². The zero-order valence-corrected chi connectivity index (χ0v) is 25.1. The van der Waals surface area contributed by atoms with Crippen molar-refractivity contribution in [1.29, 1.82) is 0 Å². The number of hydrogen-bond acceptors (Lipinski definition) is 6. The summed E-state index contributed by atoms with van der Waals surface area (Å²) in [5, 5.41) is 38.9. The van der Waals surface area contributed by atoms with Crippen molar-refractivity contribution < 1.29 is 15.0 Å². The molecular formula is C36H35N7O3. The molecule has 1 aliphatic rings. The summed E-state index contributed by atoms with van der Waals surface area (Å²) in [5.74, 6) is 0.625. The first-order valence-electron chi connectivity index (χ1n) is 15.4. The maximum absolute atomic E-state index is 15.0. The Kier molecular flexibility index (Phi) is 8.28. The van der Waals surface area contributed by atoms with Gasteiger partial charge in [-0.15, -0.1) is 0 Å². The van der Waals surface area contributed by atoms with Crippen LogP contribution < -0.4 is 0 Å². The van der Waals surface area contributed by atoms with E-state index in [9.17, 15) is 15.0 Å². The summed E-state index contributed by atoms with van der Waals surface area (Å²) in [6.07, 6.45) is 1.55. The number of rotatable bonds is 9. The van der Waals surface area contributed by atoms with Crippen LogP contribution in [0.1, 0.15) is 22.3 Å². The molecule has 10 nitrogen and oxygen atoms in total. The number of aromatic nitrogens is 5. The predicted molar refractivity (Wildman–Crippen MR) is 174 cm³/mol. The first kappa shape index (κ1) is 29.4. The lowest BCUT2D eigenvalue weighted by atomic mass is 9.91. The van der Waals surface area contributed by atoms with Crippen molar-refractivity contribution >= 4 is 16.9 Å². The zero-order chi connectivity index (χ0) is 31.5. The Bertz CT molecular complexity index is 1900. The SMILES string of the molecule is O=C1N(Cc2cccc(-c3ncn[nH]3)c2)[C@H](Cc2ccccc2)[C@H](O)[C@@H](O)[C@@H](Cc2ccccc2)N1Cc1ccc2[nH]ncc2c1. The maximum Gasteiger partial charge on any atom is 0.321 e. The van der Waals surface area contributed by atoms with Crippen molar-refractivity contribution in [2.45, 2.75) is 50.2 Å². The third-order valence-electron chi connectivity index (χ3n) is 8.83. The fourth-order valence-electron chi connectivity index (χ4n) is 6.46. The van der Waals surface area contributed by atoms with Crippen molar-refractivity contribution in [1.82, 2.24) is 35.2 Å². The molecule has 4 aromatic carbocycles. The number of H-pyrrole nitrogens is 2. The molecule has 6 aromatic rings. The number of aliphatic hydroxyl groups excluding tert-OH is 2. The highest BCUT2D eigenvalue weighted by molar-refractivity contribution is 5.79. The number of fused-ring (bicyclic) bond motifs is 1. The van der Waals surface area contributed by atoms with Gasteiger partial charge < -0.3 is 20.0 Å². The molecule has 3 heterocycles. The van der Waals surface area contributed by atoms with E-state index in [-0.39, 0.29) is 19.1 Å². The highest BCUT2D eigenvalue weighted by Crippen LogP contribution is 2.31. The highest BCUT2D eigenvalue weighted by atomic mass is 16.3. The summed E-state index contributed by atoms with van der Waals surface area (Å²) in [7, 11) is 0. The average molecular weight is 614 g/mol. The minimum absolute atomic E-state index is 0.220. The number of aliphatic hydroxyl groups is 2. The Balaban J connectivity index is 1.31. The summed E-state index contributed by atoms with van der Waals surface area (Å²) in [4.78, 5) is 22.7. The van der Waals surface area contributed by atoms with Gasteiger partial charge in [0.1, 0.15) is 18.5 Å². The molecule has 0 bridgehead atoms. The van der Waals surface area contributed by atoms with Crippen LogP contribution in [0.3, 0.4) is 0 Å². The van der Waals surface area contributed by atoms with Gasteiger partial charge in [-0.05, 0) is 53.3 Å². The van der Waals surface area contributed by atoms with Gasteiger partial charge in [-0.2, -0.15) is 10.2 Å². The topological polar surface area (TPSA) is 134 Å². The molecular weight excluding hydrogens is 578 g/mol. The molecule has 0 aliphatic carbocycles. The molecule has 0 radical (unpaired) electrons. The second-order valence-corrected chi connectivity index (χ2v) is 11.9. The van der Waals surface area contributed by atoms with Gasteiger partial charge in [-0.3, -0.25) is 10.2 Å². The van der Waals surface area contributed by atoms with Crippen LogP contribution in [-0.4, -0.2) is 75.7 Å². The van der Waals surface area contributed by atoms with Crippen LogP contribution in [-0.2, 0) is 25.9 Å². The van der Waals surface area contributed by atoms with Crippen LogP contribution in [0.15, 0.2) is 116 Å². The van der Waals surface area contributed by atoms with Crippen molar-refractivity contribution in [3.05, 3.63) is 138 Å². The summed E-state index contributed by atoms with van der Waals surface area (Å²) in [5.41, 5.74) is 5.43. The van der Waals surface area contributed by atoms with E-state index in [2.05, 4.69) is 25.4 Å². The van der Waals surface area contributed by atoms with Gasteiger partial charge in [0.05, 0.1) is 23.8 Å².